The van der Waals surface area contributed by atoms with Crippen LogP contribution in [0.3, 0.4) is 0 Å². The number of ether oxygens (including phenoxy) is 2. The van der Waals surface area contributed by atoms with Gasteiger partial charge in [-0.1, -0.05) is 30.3 Å². The molecule has 1 aromatic carbocycles. The third-order valence-electron chi connectivity index (χ3n) is 4.40. The second kappa shape index (κ2) is 8.21. The molecule has 0 aliphatic heterocycles. The summed E-state index contributed by atoms with van der Waals surface area (Å²) in [6.07, 6.45) is 0. The Morgan fingerprint density at radius 2 is 1.54 bits per heavy atom. The highest BCUT2D eigenvalue weighted by molar-refractivity contribution is 6.14. The molecule has 3 aromatic rings. The molecule has 0 saturated heterocycles. The molecule has 2 heterocycles. The van der Waals surface area contributed by atoms with Gasteiger partial charge < -0.3 is 14.0 Å². The van der Waals surface area contributed by atoms with Gasteiger partial charge in [-0.15, -0.1) is 0 Å². The quantitative estimate of drug-likeness (QED) is 0.604. The molecule has 0 unspecified atom stereocenters. The van der Waals surface area contributed by atoms with Crippen LogP contribution in [0, 0.1) is 6.92 Å². The van der Waals surface area contributed by atoms with E-state index in [0.717, 1.165) is 0 Å². The Balaban J connectivity index is 2.47. The van der Waals surface area contributed by atoms with Crippen LogP contribution in [0.2, 0.25) is 0 Å². The number of hydrogen-bond donors (Lipinski definition) is 0. The van der Waals surface area contributed by atoms with Crippen LogP contribution < -0.4 is 0 Å². The molecule has 7 nitrogen and oxygen atoms in total. The van der Waals surface area contributed by atoms with Crippen LogP contribution in [-0.2, 0) is 16.0 Å². The van der Waals surface area contributed by atoms with Gasteiger partial charge in [-0.3, -0.25) is 0 Å². The van der Waals surface area contributed by atoms with Crippen molar-refractivity contribution in [2.75, 3.05) is 13.2 Å². The zero-order valence-electron chi connectivity index (χ0n) is 16.5. The predicted octanol–water partition coefficient (Wildman–Crippen LogP) is 3.78. The number of aromatic nitrogens is 3. The maximum Gasteiger partial charge on any atom is 0.341 e. The molecule has 7 heteroatoms. The summed E-state index contributed by atoms with van der Waals surface area (Å²) in [6, 6.07) is 9.21. The Labute approximate surface area is 163 Å². The van der Waals surface area contributed by atoms with E-state index in [-0.39, 0.29) is 24.3 Å². The number of carbonyl (C=O) groups is 2. The van der Waals surface area contributed by atoms with Crippen molar-refractivity contribution in [2.45, 2.75) is 34.2 Å². The normalized spacial score (nSPS) is 10.9. The highest BCUT2D eigenvalue weighted by Crippen LogP contribution is 2.32. The summed E-state index contributed by atoms with van der Waals surface area (Å²) in [4.78, 5) is 35.0. The summed E-state index contributed by atoms with van der Waals surface area (Å²) in [5.74, 6) is -0.499. The maximum absolute atomic E-state index is 13.0. The lowest BCUT2D eigenvalue weighted by Crippen LogP contribution is -2.18. The maximum atomic E-state index is 13.0. The van der Waals surface area contributed by atoms with E-state index in [1.807, 2.05) is 48.7 Å². The van der Waals surface area contributed by atoms with Crippen molar-refractivity contribution in [1.82, 2.24) is 14.5 Å². The topological polar surface area (TPSA) is 83.3 Å². The minimum atomic E-state index is -0.611. The lowest BCUT2D eigenvalue weighted by atomic mass is 9.99. The van der Waals surface area contributed by atoms with Crippen LogP contribution in [0.5, 0.6) is 0 Å². The summed E-state index contributed by atoms with van der Waals surface area (Å²) in [7, 11) is 0. The van der Waals surface area contributed by atoms with Crippen LogP contribution >= 0.6 is 0 Å². The molecule has 0 atom stereocenters. The highest BCUT2D eigenvalue weighted by Gasteiger charge is 2.31. The minimum Gasteiger partial charge on any atom is -0.462 e. The van der Waals surface area contributed by atoms with Gasteiger partial charge >= 0.3 is 11.9 Å². The van der Waals surface area contributed by atoms with Crippen molar-refractivity contribution in [3.8, 4) is 11.3 Å². The summed E-state index contributed by atoms with van der Waals surface area (Å²) >= 11 is 0. The van der Waals surface area contributed by atoms with E-state index in [0.29, 0.717) is 34.8 Å². The molecule has 0 amide bonds. The molecule has 3 rings (SSSR count). The number of pyridine rings is 1. The number of imidazole rings is 1. The number of rotatable bonds is 6. The molecular formula is C21H23N3O4. The second-order valence-electron chi connectivity index (χ2n) is 6.09. The first-order valence-electron chi connectivity index (χ1n) is 9.33. The van der Waals surface area contributed by atoms with Crippen LogP contribution in [0.15, 0.2) is 30.3 Å². The fraction of sp³-hybridized carbons (Fsp3) is 0.333. The van der Waals surface area contributed by atoms with Crippen LogP contribution in [0.1, 0.15) is 47.3 Å². The van der Waals surface area contributed by atoms with Gasteiger partial charge in [0.1, 0.15) is 22.5 Å². The van der Waals surface area contributed by atoms with E-state index in [1.165, 1.54) is 0 Å². The van der Waals surface area contributed by atoms with Crippen LogP contribution in [-0.4, -0.2) is 39.7 Å². The van der Waals surface area contributed by atoms with Gasteiger partial charge in [0.25, 0.3) is 0 Å². The van der Waals surface area contributed by atoms with E-state index < -0.39 is 11.9 Å². The average Bonchev–Trinajstić information content (AvgIpc) is 3.02. The largest absolute Gasteiger partial charge is 0.462 e. The third kappa shape index (κ3) is 3.35. The fourth-order valence-corrected chi connectivity index (χ4v) is 3.27. The molecule has 0 spiro atoms. The first kappa shape index (κ1) is 19.5. The van der Waals surface area contributed by atoms with Gasteiger partial charge in [-0.2, -0.15) is 0 Å². The van der Waals surface area contributed by atoms with Gasteiger partial charge in [0.05, 0.1) is 18.9 Å². The number of nitrogens with zero attached hydrogens (tertiary/aromatic N) is 3. The Hall–Kier alpha value is -3.22. The van der Waals surface area contributed by atoms with Crippen molar-refractivity contribution < 1.29 is 19.1 Å². The Morgan fingerprint density at radius 3 is 2.11 bits per heavy atom. The van der Waals surface area contributed by atoms with Crippen molar-refractivity contribution in [2.24, 2.45) is 0 Å². The van der Waals surface area contributed by atoms with E-state index in [2.05, 4.69) is 9.97 Å². The Kier molecular flexibility index (Phi) is 5.73. The summed E-state index contributed by atoms with van der Waals surface area (Å²) < 4.78 is 12.4. The summed E-state index contributed by atoms with van der Waals surface area (Å²) in [5.41, 5.74) is 2.19. The minimum absolute atomic E-state index is 0.105. The average molecular weight is 381 g/mol. The molecule has 0 aliphatic carbocycles. The van der Waals surface area contributed by atoms with Gasteiger partial charge in [0.2, 0.25) is 0 Å². The predicted molar refractivity (Wildman–Crippen MR) is 105 cm³/mol. The molecule has 146 valence electrons. The third-order valence-corrected chi connectivity index (χ3v) is 4.40. The second-order valence-corrected chi connectivity index (χ2v) is 6.09. The van der Waals surface area contributed by atoms with E-state index in [1.54, 1.807) is 13.8 Å². The van der Waals surface area contributed by atoms with Crippen molar-refractivity contribution in [3.05, 3.63) is 47.3 Å². The molecule has 0 fully saturated rings. The molecule has 0 saturated carbocycles. The molecule has 0 radical (unpaired) electrons. The fourth-order valence-electron chi connectivity index (χ4n) is 3.27. The molecule has 2 aromatic heterocycles. The Bertz CT molecular complexity index is 1030. The highest BCUT2D eigenvalue weighted by atomic mass is 16.5. The number of esters is 2. The number of fused-ring (bicyclic) bond motifs is 1. The standard InChI is InChI=1S/C21H23N3O4/c1-5-24-13(4)22-19-18(24)16(21(26)28-7-3)15(20(25)27-6-2)17(23-19)14-11-9-8-10-12-14/h8-12H,5-7H2,1-4H3. The number of aryl methyl sites for hydroxylation is 2. The summed E-state index contributed by atoms with van der Waals surface area (Å²) in [5, 5.41) is 0. The lowest BCUT2D eigenvalue weighted by molar-refractivity contribution is 0.0480. The lowest BCUT2D eigenvalue weighted by Gasteiger charge is -2.15. The van der Waals surface area contributed by atoms with Crippen molar-refractivity contribution >= 4 is 23.1 Å². The molecule has 0 N–H and O–H groups in total. The van der Waals surface area contributed by atoms with Gasteiger partial charge in [0, 0.05) is 12.1 Å². The smallest absolute Gasteiger partial charge is 0.341 e. The zero-order valence-corrected chi connectivity index (χ0v) is 16.5. The first-order chi connectivity index (χ1) is 13.5. The van der Waals surface area contributed by atoms with Crippen LogP contribution in [0.4, 0.5) is 0 Å². The Morgan fingerprint density at radius 1 is 0.929 bits per heavy atom. The first-order valence-corrected chi connectivity index (χ1v) is 9.33. The summed E-state index contributed by atoms with van der Waals surface area (Å²) in [6.45, 7) is 8.16. The number of benzene rings is 1. The molecule has 0 aliphatic rings. The zero-order chi connectivity index (χ0) is 20.3. The number of hydrogen-bond acceptors (Lipinski definition) is 6. The van der Waals surface area contributed by atoms with E-state index in [9.17, 15) is 9.59 Å². The van der Waals surface area contributed by atoms with Gasteiger partial charge in [-0.05, 0) is 27.7 Å². The van der Waals surface area contributed by atoms with Crippen LogP contribution in [0.25, 0.3) is 22.4 Å². The number of carbonyl (C=O) groups excluding carboxylic acids is 2. The molecule has 0 bridgehead atoms. The molecular weight excluding hydrogens is 358 g/mol. The SMILES string of the molecule is CCOC(=O)c1c(-c2ccccc2)nc2nc(C)n(CC)c2c1C(=O)OCC. The monoisotopic (exact) mass is 381 g/mol. The molecule has 28 heavy (non-hydrogen) atoms. The van der Waals surface area contributed by atoms with Crippen molar-refractivity contribution in [3.63, 3.8) is 0 Å². The van der Waals surface area contributed by atoms with Gasteiger partial charge in [-0.25, -0.2) is 19.6 Å². The van der Waals surface area contributed by atoms with E-state index in [4.69, 9.17) is 9.47 Å². The van der Waals surface area contributed by atoms with Gasteiger partial charge in [0.15, 0.2) is 5.65 Å². The van der Waals surface area contributed by atoms with E-state index >= 15 is 0 Å². The van der Waals surface area contributed by atoms with Crippen molar-refractivity contribution in [1.29, 1.82) is 0 Å².